The van der Waals surface area contributed by atoms with Crippen LogP contribution in [0, 0.1) is 5.92 Å². The molecule has 0 aliphatic rings. The summed E-state index contributed by atoms with van der Waals surface area (Å²) in [6.45, 7) is 4.01. The van der Waals surface area contributed by atoms with E-state index in [1.54, 1.807) is 13.8 Å². The number of carboxylic acid groups (broad SMARTS) is 1. The number of carbonyl (C=O) groups excluding carboxylic acids is 9. The first-order chi connectivity index (χ1) is 26.4. The Labute approximate surface area is 322 Å². The Kier molecular flexibility index (Phi) is 24.5. The van der Waals surface area contributed by atoms with Crippen molar-refractivity contribution in [1.29, 1.82) is 0 Å². The molecule has 0 heterocycles. The van der Waals surface area contributed by atoms with E-state index in [9.17, 15) is 58.2 Å². The molecule has 56 heavy (non-hydrogen) atoms. The Morgan fingerprint density at radius 1 is 0.679 bits per heavy atom. The van der Waals surface area contributed by atoms with Crippen molar-refractivity contribution in [2.24, 2.45) is 28.1 Å². The number of guanidine groups is 1. The lowest BCUT2D eigenvalue weighted by Crippen LogP contribution is -2.69. The van der Waals surface area contributed by atoms with Gasteiger partial charge in [0.05, 0.1) is 43.2 Å². The number of nitrogens with zero attached hydrogens (tertiary/aromatic N) is 1. The number of aliphatic imine (C=N–C) groups is 1. The number of hydrogen-bond donors (Lipinski definition) is 14. The average molecular weight is 802 g/mol. The fourth-order valence-electron chi connectivity index (χ4n) is 4.42. The largest absolute Gasteiger partial charge is 0.481 e. The van der Waals surface area contributed by atoms with Crippen molar-refractivity contribution in [1.82, 2.24) is 47.9 Å². The molecule has 17 N–H and O–H groups in total. The van der Waals surface area contributed by atoms with E-state index in [2.05, 4.69) is 52.8 Å². The van der Waals surface area contributed by atoms with Gasteiger partial charge in [-0.1, -0.05) is 20.3 Å². The van der Waals surface area contributed by atoms with Gasteiger partial charge < -0.3 is 73.2 Å². The van der Waals surface area contributed by atoms with Crippen molar-refractivity contribution >= 4 is 66.6 Å². The second-order valence-corrected chi connectivity index (χ2v) is 12.4. The van der Waals surface area contributed by atoms with E-state index >= 15 is 0 Å². The Bertz CT molecular complexity index is 1380. The first-order valence-corrected chi connectivity index (χ1v) is 17.3. The summed E-state index contributed by atoms with van der Waals surface area (Å²) in [4.78, 5) is 128. The third kappa shape index (κ3) is 19.2. The molecule has 0 aromatic carbocycles. The highest BCUT2D eigenvalue weighted by atomic mass is 16.4. The van der Waals surface area contributed by atoms with Crippen LogP contribution in [0.2, 0.25) is 0 Å². The Morgan fingerprint density at radius 2 is 1.14 bits per heavy atom. The number of aliphatic carboxylic acids is 1. The van der Waals surface area contributed by atoms with E-state index in [-0.39, 0.29) is 43.8 Å². The molecular weight excluding hydrogens is 746 g/mol. The van der Waals surface area contributed by atoms with E-state index in [0.29, 0.717) is 19.0 Å². The molecule has 0 aliphatic heterocycles. The van der Waals surface area contributed by atoms with Gasteiger partial charge in [0.2, 0.25) is 5.91 Å². The van der Waals surface area contributed by atoms with Crippen LogP contribution in [0.15, 0.2) is 4.99 Å². The summed E-state index contributed by atoms with van der Waals surface area (Å²) in [5.41, 5.74) is 16.1. The zero-order chi connectivity index (χ0) is 43.0. The number of hydrogen-bond acceptors (Lipinski definition) is 17. The molecular formula is C31H55N13O12. The van der Waals surface area contributed by atoms with E-state index < -0.39 is 103 Å². The van der Waals surface area contributed by atoms with Crippen molar-refractivity contribution in [2.45, 2.75) is 101 Å². The normalized spacial score (nSPS) is 16.3. The van der Waals surface area contributed by atoms with E-state index in [1.165, 1.54) is 14.0 Å². The first-order valence-electron chi connectivity index (χ1n) is 17.3. The number of rotatable bonds is 31. The molecule has 0 rings (SSSR count). The van der Waals surface area contributed by atoms with Gasteiger partial charge in [-0.2, -0.15) is 0 Å². The number of carbonyl (C=O) groups is 10. The number of likely N-dealkylation sites (N-methyl/N-ethyl adjacent to an activating group) is 1. The molecule has 0 aliphatic carbocycles. The van der Waals surface area contributed by atoms with Gasteiger partial charge in [0, 0.05) is 6.54 Å². The van der Waals surface area contributed by atoms with Crippen LogP contribution in [0.3, 0.4) is 0 Å². The molecule has 0 aromatic heterocycles. The van der Waals surface area contributed by atoms with Crippen molar-refractivity contribution in [3.63, 3.8) is 0 Å². The van der Waals surface area contributed by atoms with Crippen LogP contribution in [-0.4, -0.2) is 152 Å². The molecule has 316 valence electrons. The van der Waals surface area contributed by atoms with Crippen molar-refractivity contribution in [3.8, 4) is 0 Å². The van der Waals surface area contributed by atoms with E-state index in [0.717, 1.165) is 0 Å². The smallest absolute Gasteiger partial charge is 0.305 e. The lowest BCUT2D eigenvalue weighted by molar-refractivity contribution is -0.139. The molecule has 0 saturated heterocycles. The maximum atomic E-state index is 13.9. The van der Waals surface area contributed by atoms with Crippen molar-refractivity contribution in [2.75, 3.05) is 20.2 Å². The van der Waals surface area contributed by atoms with E-state index in [1.807, 2.05) is 0 Å². The maximum Gasteiger partial charge on any atom is 0.305 e. The molecule has 5 amide bonds. The van der Waals surface area contributed by atoms with Gasteiger partial charge in [-0.3, -0.25) is 55.0 Å². The molecule has 10 unspecified atom stereocenters. The second kappa shape index (κ2) is 27.2. The van der Waals surface area contributed by atoms with E-state index in [4.69, 9.17) is 17.2 Å². The Hall–Kier alpha value is -5.47. The van der Waals surface area contributed by atoms with Crippen molar-refractivity contribution in [3.05, 3.63) is 0 Å². The molecule has 10 atom stereocenters. The highest BCUT2D eigenvalue weighted by Crippen LogP contribution is 2.06. The standard InChI is InChI=1S/C31H55N13O12/c1-5-15(2)20(14-49)40-23(22(32)52)41-28(54)26(39-19(12-47)13-48)44-29(55)24(37-17(10-45)7-6-8-36-31(33)34)43-30(56)25(42-27(53)16(3)35-4)38-18(11-46)9-21(50)51/h10-12,14-20,23-26,35,37-40,48H,5-9,13H2,1-4H3,(H2,32,52)(H,41,54)(H,42,53)(H,43,56)(H,44,55)(H,50,51)(H4,33,34,36). The average Bonchev–Trinajstić information content (AvgIpc) is 3.16. The van der Waals surface area contributed by atoms with Crippen LogP contribution < -0.4 is 65.1 Å². The number of carboxylic acids is 1. The SMILES string of the molecule is CCC(C)C(C=O)NC(NC(=O)C(NC(=O)C(NC(=O)C(NC(=O)C(C)NC)NC(C=O)CC(=O)O)NC(C=O)CCCN=C(N)N)NC(C=O)CO)C(N)=O. The van der Waals surface area contributed by atoms with Crippen LogP contribution in [0.4, 0.5) is 0 Å². The van der Waals surface area contributed by atoms with Crippen LogP contribution in [0.25, 0.3) is 0 Å². The number of aldehydes is 4. The number of aliphatic hydroxyl groups excluding tert-OH is 1. The van der Waals surface area contributed by atoms with Gasteiger partial charge in [0.1, 0.15) is 25.1 Å². The fraction of sp³-hybridized carbons (Fsp3) is 0.645. The first kappa shape index (κ1) is 50.5. The molecule has 0 aromatic rings. The third-order valence-electron chi connectivity index (χ3n) is 8.00. The minimum Gasteiger partial charge on any atom is -0.481 e. The maximum absolute atomic E-state index is 13.9. The lowest BCUT2D eigenvalue weighted by atomic mass is 10.0. The fourth-order valence-corrected chi connectivity index (χ4v) is 4.42. The number of nitrogens with two attached hydrogens (primary N) is 3. The van der Waals surface area contributed by atoms with Gasteiger partial charge in [0.25, 0.3) is 23.6 Å². The molecule has 0 bridgehead atoms. The second-order valence-electron chi connectivity index (χ2n) is 12.4. The summed E-state index contributed by atoms with van der Waals surface area (Å²) < 4.78 is 0. The summed E-state index contributed by atoms with van der Waals surface area (Å²) in [6.07, 6.45) is -6.59. The number of primary amides is 1. The topological polar surface area (TPSA) is 410 Å². The highest BCUT2D eigenvalue weighted by Gasteiger charge is 2.35. The van der Waals surface area contributed by atoms with Gasteiger partial charge in [-0.15, -0.1) is 0 Å². The number of amides is 5. The molecule has 0 radical (unpaired) electrons. The quantitative estimate of drug-likeness (QED) is 0.0102. The third-order valence-corrected chi connectivity index (χ3v) is 8.00. The Balaban J connectivity index is 6.88. The van der Waals surface area contributed by atoms with Crippen LogP contribution in [-0.2, 0) is 47.9 Å². The molecule has 25 nitrogen and oxygen atoms in total. The lowest BCUT2D eigenvalue weighted by Gasteiger charge is -2.30. The van der Waals surface area contributed by atoms with Crippen LogP contribution in [0.5, 0.6) is 0 Å². The molecule has 25 heteroatoms. The molecule has 0 saturated carbocycles. The van der Waals surface area contributed by atoms with Gasteiger partial charge in [-0.25, -0.2) is 0 Å². The predicted octanol–water partition coefficient (Wildman–Crippen LogP) is -7.96. The number of nitrogens with one attached hydrogen (secondary N) is 9. The van der Waals surface area contributed by atoms with Gasteiger partial charge in [-0.05, 0) is 32.7 Å². The number of aliphatic hydroxyl groups is 1. The van der Waals surface area contributed by atoms with Gasteiger partial charge >= 0.3 is 5.97 Å². The molecule has 0 fully saturated rings. The van der Waals surface area contributed by atoms with Crippen LogP contribution in [0.1, 0.15) is 46.5 Å². The summed E-state index contributed by atoms with van der Waals surface area (Å²) in [7, 11) is 1.42. The van der Waals surface area contributed by atoms with Gasteiger partial charge in [0.15, 0.2) is 30.6 Å². The summed E-state index contributed by atoms with van der Waals surface area (Å²) in [5.74, 6) is -7.78. The minimum absolute atomic E-state index is 0.0379. The van der Waals surface area contributed by atoms with Crippen molar-refractivity contribution < 1.29 is 58.2 Å². The highest BCUT2D eigenvalue weighted by molar-refractivity contribution is 5.96. The minimum atomic E-state index is -2.00. The zero-order valence-corrected chi connectivity index (χ0v) is 31.5. The summed E-state index contributed by atoms with van der Waals surface area (Å²) in [6, 6.07) is -6.15. The molecule has 0 spiro atoms. The summed E-state index contributed by atoms with van der Waals surface area (Å²) >= 11 is 0. The monoisotopic (exact) mass is 801 g/mol. The Morgan fingerprint density at radius 3 is 1.54 bits per heavy atom. The predicted molar refractivity (Wildman–Crippen MR) is 196 cm³/mol. The summed E-state index contributed by atoms with van der Waals surface area (Å²) in [5, 5.41) is 40.2. The zero-order valence-electron chi connectivity index (χ0n) is 31.5. The van der Waals surface area contributed by atoms with Crippen LogP contribution >= 0.6 is 0 Å².